The van der Waals surface area contributed by atoms with Crippen molar-refractivity contribution in [2.75, 3.05) is 11.9 Å². The van der Waals surface area contributed by atoms with Crippen molar-refractivity contribution < 1.29 is 14.3 Å². The van der Waals surface area contributed by atoms with Crippen LogP contribution in [0.1, 0.15) is 54.3 Å². The van der Waals surface area contributed by atoms with Gasteiger partial charge in [-0.05, 0) is 62.8 Å². The molecular formula is C22H27N3O3S. The van der Waals surface area contributed by atoms with Gasteiger partial charge < -0.3 is 15.4 Å². The molecule has 2 aromatic carbocycles. The van der Waals surface area contributed by atoms with Crippen molar-refractivity contribution >= 4 is 34.8 Å². The Morgan fingerprint density at radius 1 is 1.07 bits per heavy atom. The maximum absolute atomic E-state index is 12.5. The van der Waals surface area contributed by atoms with Crippen molar-refractivity contribution in [3.05, 3.63) is 59.7 Å². The Labute approximate surface area is 177 Å². The normalized spacial score (nSPS) is 10.3. The Balaban J connectivity index is 2.02. The van der Waals surface area contributed by atoms with E-state index in [4.69, 9.17) is 17.0 Å². The van der Waals surface area contributed by atoms with E-state index in [1.54, 1.807) is 48.5 Å². The Morgan fingerprint density at radius 2 is 1.83 bits per heavy atom. The molecule has 0 aromatic heterocycles. The summed E-state index contributed by atoms with van der Waals surface area (Å²) < 4.78 is 5.62. The third-order valence-electron chi connectivity index (χ3n) is 3.93. The summed E-state index contributed by atoms with van der Waals surface area (Å²) in [5.74, 6) is 0.0661. The van der Waals surface area contributed by atoms with Gasteiger partial charge in [0, 0.05) is 12.1 Å². The molecule has 2 rings (SSSR count). The first kappa shape index (κ1) is 22.4. The van der Waals surface area contributed by atoms with Gasteiger partial charge in [-0.25, -0.2) is 0 Å². The van der Waals surface area contributed by atoms with Crippen LogP contribution in [0.3, 0.4) is 0 Å². The lowest BCUT2D eigenvalue weighted by Gasteiger charge is -2.14. The van der Waals surface area contributed by atoms with E-state index in [1.807, 2.05) is 13.8 Å². The number of anilines is 1. The van der Waals surface area contributed by atoms with Gasteiger partial charge in [0.2, 0.25) is 0 Å². The largest absolute Gasteiger partial charge is 0.491 e. The Kier molecular flexibility index (Phi) is 8.61. The molecule has 0 atom stereocenters. The second kappa shape index (κ2) is 11.2. The van der Waals surface area contributed by atoms with Gasteiger partial charge in [-0.2, -0.15) is 0 Å². The highest BCUT2D eigenvalue weighted by atomic mass is 32.1. The van der Waals surface area contributed by atoms with Crippen LogP contribution in [-0.2, 0) is 0 Å². The Bertz CT molecular complexity index is 868. The first-order valence-electron chi connectivity index (χ1n) is 9.67. The van der Waals surface area contributed by atoms with Gasteiger partial charge in [-0.1, -0.05) is 31.5 Å². The maximum Gasteiger partial charge on any atom is 0.257 e. The first-order chi connectivity index (χ1) is 13.9. The highest BCUT2D eigenvalue weighted by Crippen LogP contribution is 2.16. The molecule has 0 aliphatic rings. The number of benzene rings is 2. The summed E-state index contributed by atoms with van der Waals surface area (Å²) in [7, 11) is 0. The zero-order valence-electron chi connectivity index (χ0n) is 17.0. The number of rotatable bonds is 8. The summed E-state index contributed by atoms with van der Waals surface area (Å²) in [6.45, 7) is 6.51. The molecule has 7 heteroatoms. The fourth-order valence-electron chi connectivity index (χ4n) is 2.58. The standard InChI is InChI=1S/C22H27N3O3S/c1-4-5-13-23-21(27)18-11-6-7-12-19(18)24-22(29)25-20(26)16-9-8-10-17(14-16)28-15(2)3/h6-12,14-15H,4-5,13H2,1-3H3,(H,23,27)(H2,24,25,26,29). The zero-order chi connectivity index (χ0) is 21.2. The van der Waals surface area contributed by atoms with Gasteiger partial charge in [-0.15, -0.1) is 0 Å². The number of carbonyl (C=O) groups excluding carboxylic acids is 2. The fraction of sp³-hybridized carbons (Fsp3) is 0.318. The van der Waals surface area contributed by atoms with Crippen LogP contribution in [-0.4, -0.2) is 29.6 Å². The van der Waals surface area contributed by atoms with Crippen molar-refractivity contribution in [1.29, 1.82) is 0 Å². The molecule has 29 heavy (non-hydrogen) atoms. The average Bonchev–Trinajstić information content (AvgIpc) is 2.68. The van der Waals surface area contributed by atoms with Crippen molar-refractivity contribution in [2.45, 2.75) is 39.7 Å². The molecule has 0 aliphatic carbocycles. The summed E-state index contributed by atoms with van der Waals surface area (Å²) >= 11 is 5.26. The minimum atomic E-state index is -0.360. The second-order valence-corrected chi connectivity index (χ2v) is 7.17. The van der Waals surface area contributed by atoms with Gasteiger partial charge >= 0.3 is 0 Å². The molecule has 0 saturated heterocycles. The molecule has 0 bridgehead atoms. The van der Waals surface area contributed by atoms with Gasteiger partial charge in [0.25, 0.3) is 11.8 Å². The monoisotopic (exact) mass is 413 g/mol. The van der Waals surface area contributed by atoms with Crippen molar-refractivity contribution in [3.63, 3.8) is 0 Å². The van der Waals surface area contributed by atoms with E-state index in [-0.39, 0.29) is 23.0 Å². The van der Waals surface area contributed by atoms with E-state index in [1.165, 1.54) is 0 Å². The van der Waals surface area contributed by atoms with Crippen LogP contribution < -0.4 is 20.7 Å². The molecule has 0 aliphatic heterocycles. The number of thiocarbonyl (C=S) groups is 1. The van der Waals surface area contributed by atoms with Gasteiger partial charge in [-0.3, -0.25) is 14.9 Å². The summed E-state index contributed by atoms with van der Waals surface area (Å²) in [5.41, 5.74) is 1.43. The molecule has 6 nitrogen and oxygen atoms in total. The van der Waals surface area contributed by atoms with Crippen LogP contribution in [0, 0.1) is 0 Å². The molecule has 0 radical (unpaired) electrons. The Morgan fingerprint density at radius 3 is 2.55 bits per heavy atom. The molecular weight excluding hydrogens is 386 g/mol. The van der Waals surface area contributed by atoms with E-state index in [9.17, 15) is 9.59 Å². The number of unbranched alkanes of at least 4 members (excludes halogenated alkanes) is 1. The van der Waals surface area contributed by atoms with Crippen LogP contribution in [0.2, 0.25) is 0 Å². The average molecular weight is 414 g/mol. The van der Waals surface area contributed by atoms with Gasteiger partial charge in [0.05, 0.1) is 17.4 Å². The highest BCUT2D eigenvalue weighted by Gasteiger charge is 2.14. The van der Waals surface area contributed by atoms with Crippen molar-refractivity contribution in [3.8, 4) is 5.75 Å². The van der Waals surface area contributed by atoms with E-state index in [0.29, 0.717) is 29.1 Å². The second-order valence-electron chi connectivity index (χ2n) is 6.76. The predicted octanol–water partition coefficient (Wildman–Crippen LogP) is 4.13. The topological polar surface area (TPSA) is 79.5 Å². The van der Waals surface area contributed by atoms with Crippen molar-refractivity contribution in [1.82, 2.24) is 10.6 Å². The molecule has 0 spiro atoms. The molecule has 0 heterocycles. The Hall–Kier alpha value is -2.93. The third kappa shape index (κ3) is 7.19. The summed E-state index contributed by atoms with van der Waals surface area (Å²) in [6, 6.07) is 13.9. The number of hydrogen-bond acceptors (Lipinski definition) is 4. The van der Waals surface area contributed by atoms with Crippen LogP contribution >= 0.6 is 12.2 Å². The van der Waals surface area contributed by atoms with Gasteiger partial charge in [0.15, 0.2) is 5.11 Å². The van der Waals surface area contributed by atoms with Crippen LogP contribution in [0.15, 0.2) is 48.5 Å². The summed E-state index contributed by atoms with van der Waals surface area (Å²) in [6.07, 6.45) is 1.92. The van der Waals surface area contributed by atoms with Crippen LogP contribution in [0.5, 0.6) is 5.75 Å². The minimum Gasteiger partial charge on any atom is -0.491 e. The quantitative estimate of drug-likeness (QED) is 0.448. The van der Waals surface area contributed by atoms with E-state index in [0.717, 1.165) is 12.8 Å². The zero-order valence-corrected chi connectivity index (χ0v) is 17.8. The van der Waals surface area contributed by atoms with Crippen LogP contribution in [0.4, 0.5) is 5.69 Å². The molecule has 0 saturated carbocycles. The minimum absolute atomic E-state index is 0.0102. The maximum atomic E-state index is 12.5. The molecule has 0 unspecified atom stereocenters. The first-order valence-corrected chi connectivity index (χ1v) is 10.1. The molecule has 0 fully saturated rings. The number of carbonyl (C=O) groups is 2. The smallest absolute Gasteiger partial charge is 0.257 e. The van der Waals surface area contributed by atoms with Crippen LogP contribution in [0.25, 0.3) is 0 Å². The van der Waals surface area contributed by atoms with E-state index < -0.39 is 0 Å². The van der Waals surface area contributed by atoms with Crippen molar-refractivity contribution in [2.24, 2.45) is 0 Å². The van der Waals surface area contributed by atoms with E-state index in [2.05, 4.69) is 22.9 Å². The number of hydrogen-bond donors (Lipinski definition) is 3. The number of amides is 2. The SMILES string of the molecule is CCCCNC(=O)c1ccccc1NC(=S)NC(=O)c1cccc(OC(C)C)c1. The highest BCUT2D eigenvalue weighted by molar-refractivity contribution is 7.80. The van der Waals surface area contributed by atoms with E-state index >= 15 is 0 Å². The summed E-state index contributed by atoms with van der Waals surface area (Å²) in [4.78, 5) is 24.9. The van der Waals surface area contributed by atoms with Gasteiger partial charge in [0.1, 0.15) is 5.75 Å². The molecule has 2 aromatic rings. The molecule has 154 valence electrons. The lowest BCUT2D eigenvalue weighted by atomic mass is 10.1. The lowest BCUT2D eigenvalue weighted by molar-refractivity contribution is 0.0952. The number of para-hydroxylation sites is 1. The number of ether oxygens (including phenoxy) is 1. The third-order valence-corrected chi connectivity index (χ3v) is 4.13. The fourth-order valence-corrected chi connectivity index (χ4v) is 2.78. The summed E-state index contributed by atoms with van der Waals surface area (Å²) in [5, 5.41) is 8.56. The number of nitrogens with one attached hydrogen (secondary N) is 3. The molecule has 2 amide bonds. The lowest BCUT2D eigenvalue weighted by Crippen LogP contribution is -2.35. The predicted molar refractivity (Wildman–Crippen MR) is 120 cm³/mol. The molecule has 3 N–H and O–H groups in total.